The molecule has 21 heavy (non-hydrogen) atoms. The minimum atomic E-state index is -0.0180. The van der Waals surface area contributed by atoms with Crippen LogP contribution >= 0.6 is 0 Å². The van der Waals surface area contributed by atoms with Crippen molar-refractivity contribution in [3.8, 4) is 0 Å². The zero-order chi connectivity index (χ0) is 16.0. The van der Waals surface area contributed by atoms with Crippen molar-refractivity contribution in [2.45, 2.75) is 46.7 Å². The number of anilines is 1. The highest BCUT2D eigenvalue weighted by Gasteiger charge is 2.14. The van der Waals surface area contributed by atoms with E-state index in [9.17, 15) is 4.79 Å². The Balaban J connectivity index is 2.64. The molecule has 0 atom stereocenters. The van der Waals surface area contributed by atoms with Crippen molar-refractivity contribution in [1.82, 2.24) is 10.2 Å². The third-order valence-electron chi connectivity index (χ3n) is 3.67. The smallest absolute Gasteiger partial charge is 0.253 e. The van der Waals surface area contributed by atoms with Gasteiger partial charge in [-0.25, -0.2) is 0 Å². The van der Waals surface area contributed by atoms with Gasteiger partial charge in [0.1, 0.15) is 0 Å². The van der Waals surface area contributed by atoms with Gasteiger partial charge in [0.2, 0.25) is 0 Å². The van der Waals surface area contributed by atoms with E-state index in [1.807, 2.05) is 32.2 Å². The van der Waals surface area contributed by atoms with Crippen LogP contribution in [0, 0.1) is 6.92 Å². The second kappa shape index (κ2) is 8.03. The minimum Gasteiger partial charge on any atom is -0.387 e. The molecule has 0 aromatic heterocycles. The number of hydrogen-bond acceptors (Lipinski definition) is 3. The first-order valence-corrected chi connectivity index (χ1v) is 7.69. The van der Waals surface area contributed by atoms with E-state index in [1.165, 1.54) is 0 Å². The molecule has 0 aliphatic heterocycles. The van der Waals surface area contributed by atoms with Gasteiger partial charge in [0.05, 0.1) is 5.56 Å². The molecular weight excluding hydrogens is 262 g/mol. The van der Waals surface area contributed by atoms with E-state index in [2.05, 4.69) is 43.2 Å². The van der Waals surface area contributed by atoms with Gasteiger partial charge in [-0.15, -0.1) is 0 Å². The number of carbonyl (C=O) groups is 1. The summed E-state index contributed by atoms with van der Waals surface area (Å²) in [5.41, 5.74) is 2.66. The Morgan fingerprint density at radius 1 is 1.19 bits per heavy atom. The van der Waals surface area contributed by atoms with Gasteiger partial charge in [-0.1, -0.05) is 11.6 Å². The Kier molecular flexibility index (Phi) is 6.69. The molecule has 1 rings (SSSR count). The highest BCUT2D eigenvalue weighted by Crippen LogP contribution is 2.16. The summed E-state index contributed by atoms with van der Waals surface area (Å²) in [5.74, 6) is -0.0180. The minimum absolute atomic E-state index is 0.0180. The molecule has 118 valence electrons. The molecule has 0 spiro atoms. The average Bonchev–Trinajstić information content (AvgIpc) is 2.42. The Morgan fingerprint density at radius 2 is 1.81 bits per heavy atom. The van der Waals surface area contributed by atoms with E-state index in [0.717, 1.165) is 17.8 Å². The molecule has 1 amide bonds. The summed E-state index contributed by atoms with van der Waals surface area (Å²) in [6.07, 6.45) is 0. The number of hydrogen-bond donors (Lipinski definition) is 2. The fraction of sp³-hybridized carbons (Fsp3) is 0.588. The van der Waals surface area contributed by atoms with Crippen LogP contribution < -0.4 is 10.6 Å². The van der Waals surface area contributed by atoms with Crippen molar-refractivity contribution in [2.75, 3.05) is 25.5 Å². The molecule has 0 fully saturated rings. The summed E-state index contributed by atoms with van der Waals surface area (Å²) in [4.78, 5) is 14.7. The number of amides is 1. The maximum atomic E-state index is 12.3. The maximum Gasteiger partial charge on any atom is 0.253 e. The predicted molar refractivity (Wildman–Crippen MR) is 90.0 cm³/mol. The van der Waals surface area contributed by atoms with Gasteiger partial charge < -0.3 is 10.6 Å². The summed E-state index contributed by atoms with van der Waals surface area (Å²) in [7, 11) is 1.83. The quantitative estimate of drug-likeness (QED) is 0.812. The monoisotopic (exact) mass is 291 g/mol. The standard InChI is InChI=1S/C17H29N3O/c1-12(2)20(13(3)4)10-9-19-17(21)15-11-14(5)7-8-16(15)18-6/h7-8,11-13,18H,9-10H2,1-6H3,(H,19,21). The maximum absolute atomic E-state index is 12.3. The van der Waals surface area contributed by atoms with Gasteiger partial charge in [-0.05, 0) is 46.8 Å². The molecule has 0 bridgehead atoms. The highest BCUT2D eigenvalue weighted by molar-refractivity contribution is 5.99. The number of carbonyl (C=O) groups excluding carboxylic acids is 1. The fourth-order valence-electron chi connectivity index (χ4n) is 2.57. The third-order valence-corrected chi connectivity index (χ3v) is 3.67. The van der Waals surface area contributed by atoms with Gasteiger partial charge >= 0.3 is 0 Å². The van der Waals surface area contributed by atoms with E-state index < -0.39 is 0 Å². The molecule has 0 radical (unpaired) electrons. The van der Waals surface area contributed by atoms with Crippen molar-refractivity contribution in [2.24, 2.45) is 0 Å². The molecular formula is C17H29N3O. The SMILES string of the molecule is CNc1ccc(C)cc1C(=O)NCCN(C(C)C)C(C)C. The van der Waals surface area contributed by atoms with Crippen LogP contribution in [-0.2, 0) is 0 Å². The zero-order valence-corrected chi connectivity index (χ0v) is 14.2. The molecule has 1 aromatic rings. The third kappa shape index (κ3) is 5.05. The lowest BCUT2D eigenvalue weighted by Gasteiger charge is -2.30. The molecule has 0 heterocycles. The van der Waals surface area contributed by atoms with E-state index >= 15 is 0 Å². The summed E-state index contributed by atoms with van der Waals surface area (Å²) in [5, 5.41) is 6.09. The molecule has 1 aromatic carbocycles. The lowest BCUT2D eigenvalue weighted by atomic mass is 10.1. The number of nitrogens with zero attached hydrogens (tertiary/aromatic N) is 1. The van der Waals surface area contributed by atoms with E-state index in [1.54, 1.807) is 0 Å². The second-order valence-electron chi connectivity index (χ2n) is 5.98. The van der Waals surface area contributed by atoms with Crippen LogP contribution in [0.1, 0.15) is 43.6 Å². The van der Waals surface area contributed by atoms with E-state index in [4.69, 9.17) is 0 Å². The van der Waals surface area contributed by atoms with E-state index in [0.29, 0.717) is 24.2 Å². The molecule has 0 saturated heterocycles. The zero-order valence-electron chi connectivity index (χ0n) is 14.2. The van der Waals surface area contributed by atoms with E-state index in [-0.39, 0.29) is 5.91 Å². The Morgan fingerprint density at radius 3 is 2.33 bits per heavy atom. The normalized spacial score (nSPS) is 11.3. The van der Waals surface area contributed by atoms with Crippen molar-refractivity contribution in [1.29, 1.82) is 0 Å². The Labute approximate surface area is 128 Å². The van der Waals surface area contributed by atoms with Gasteiger partial charge in [-0.2, -0.15) is 0 Å². The van der Waals surface area contributed by atoms with Crippen LogP contribution in [-0.4, -0.2) is 43.0 Å². The molecule has 4 heteroatoms. The fourth-order valence-corrected chi connectivity index (χ4v) is 2.57. The predicted octanol–water partition coefficient (Wildman–Crippen LogP) is 2.89. The average molecular weight is 291 g/mol. The largest absolute Gasteiger partial charge is 0.387 e. The van der Waals surface area contributed by atoms with Gasteiger partial charge in [0.25, 0.3) is 5.91 Å². The first-order chi connectivity index (χ1) is 9.86. The summed E-state index contributed by atoms with van der Waals surface area (Å²) >= 11 is 0. The van der Waals surface area contributed by atoms with Crippen molar-refractivity contribution in [3.63, 3.8) is 0 Å². The molecule has 4 nitrogen and oxygen atoms in total. The summed E-state index contributed by atoms with van der Waals surface area (Å²) in [6, 6.07) is 6.83. The van der Waals surface area contributed by atoms with Crippen LogP contribution in [0.15, 0.2) is 18.2 Å². The molecule has 0 aliphatic carbocycles. The number of rotatable bonds is 7. The van der Waals surface area contributed by atoms with Crippen LogP contribution in [0.4, 0.5) is 5.69 Å². The molecule has 0 unspecified atom stereocenters. The van der Waals surface area contributed by atoms with Crippen molar-refractivity contribution in [3.05, 3.63) is 29.3 Å². The topological polar surface area (TPSA) is 44.4 Å². The Hall–Kier alpha value is -1.55. The van der Waals surface area contributed by atoms with Crippen LogP contribution in [0.2, 0.25) is 0 Å². The highest BCUT2D eigenvalue weighted by atomic mass is 16.1. The first-order valence-electron chi connectivity index (χ1n) is 7.69. The number of aryl methyl sites for hydroxylation is 1. The summed E-state index contributed by atoms with van der Waals surface area (Å²) in [6.45, 7) is 12.2. The van der Waals surface area contributed by atoms with Gasteiger partial charge in [0.15, 0.2) is 0 Å². The number of nitrogens with one attached hydrogen (secondary N) is 2. The number of benzene rings is 1. The Bertz CT molecular complexity index is 461. The molecule has 0 saturated carbocycles. The summed E-state index contributed by atoms with van der Waals surface area (Å²) < 4.78 is 0. The van der Waals surface area contributed by atoms with Crippen LogP contribution in [0.5, 0.6) is 0 Å². The van der Waals surface area contributed by atoms with Gasteiger partial charge in [-0.3, -0.25) is 9.69 Å². The lowest BCUT2D eigenvalue weighted by Crippen LogP contribution is -2.42. The lowest BCUT2D eigenvalue weighted by molar-refractivity contribution is 0.0940. The molecule has 0 aliphatic rings. The second-order valence-corrected chi connectivity index (χ2v) is 5.98. The van der Waals surface area contributed by atoms with Crippen LogP contribution in [0.25, 0.3) is 0 Å². The first kappa shape index (κ1) is 17.5. The van der Waals surface area contributed by atoms with Crippen molar-refractivity contribution >= 4 is 11.6 Å². The van der Waals surface area contributed by atoms with Gasteiger partial charge in [0, 0.05) is 37.9 Å². The van der Waals surface area contributed by atoms with Crippen molar-refractivity contribution < 1.29 is 4.79 Å². The van der Waals surface area contributed by atoms with Crippen LogP contribution in [0.3, 0.4) is 0 Å². The molecule has 2 N–H and O–H groups in total.